The number of carbonyl (C=O) groups is 1. The third-order valence-electron chi connectivity index (χ3n) is 3.03. The number of rotatable bonds is 7. The Bertz CT molecular complexity index is 531. The van der Waals surface area contributed by atoms with Crippen molar-refractivity contribution in [3.05, 3.63) is 40.7 Å². The van der Waals surface area contributed by atoms with Crippen LogP contribution in [0.1, 0.15) is 19.0 Å². The Morgan fingerprint density at radius 3 is 2.70 bits per heavy atom. The summed E-state index contributed by atoms with van der Waals surface area (Å²) >= 11 is 3.40. The molecule has 1 unspecified atom stereocenters. The van der Waals surface area contributed by atoms with Crippen LogP contribution in [0, 0.1) is 0 Å². The van der Waals surface area contributed by atoms with E-state index in [0.29, 0.717) is 11.3 Å². The summed E-state index contributed by atoms with van der Waals surface area (Å²) in [5, 5.41) is 12.5. The Labute approximate surface area is 127 Å². The molecule has 1 aromatic rings. The first kappa shape index (κ1) is 16.5. The highest BCUT2D eigenvalue weighted by molar-refractivity contribution is 9.10. The molecule has 0 aliphatic rings. The summed E-state index contributed by atoms with van der Waals surface area (Å²) < 4.78 is 2.75. The molecule has 0 aromatic carbocycles. The number of carbonyl (C=O) groups excluding carboxylic acids is 1. The van der Waals surface area contributed by atoms with Crippen LogP contribution in [0.25, 0.3) is 5.70 Å². The lowest BCUT2D eigenvalue weighted by Crippen LogP contribution is -2.33. The van der Waals surface area contributed by atoms with Gasteiger partial charge in [-0.05, 0) is 28.4 Å². The quantitative estimate of drug-likeness (QED) is 0.519. The normalized spacial score (nSPS) is 13.6. The minimum atomic E-state index is -0.562. The van der Waals surface area contributed by atoms with Crippen molar-refractivity contribution in [2.24, 2.45) is 12.8 Å². The molecule has 1 amide bonds. The first-order chi connectivity index (χ1) is 9.44. The van der Waals surface area contributed by atoms with Crippen molar-refractivity contribution < 1.29 is 9.90 Å². The molecule has 5 nitrogen and oxygen atoms in total. The van der Waals surface area contributed by atoms with Gasteiger partial charge >= 0.3 is 0 Å². The molecule has 6 heteroatoms. The van der Waals surface area contributed by atoms with E-state index in [9.17, 15) is 9.90 Å². The van der Waals surface area contributed by atoms with Gasteiger partial charge in [-0.15, -0.1) is 0 Å². The van der Waals surface area contributed by atoms with Gasteiger partial charge in [0, 0.05) is 23.8 Å². The predicted octanol–water partition coefficient (Wildman–Crippen LogP) is 1.53. The molecule has 1 heterocycles. The van der Waals surface area contributed by atoms with Crippen molar-refractivity contribution in [1.82, 2.24) is 9.88 Å². The van der Waals surface area contributed by atoms with E-state index in [4.69, 9.17) is 5.73 Å². The lowest BCUT2D eigenvalue weighted by molar-refractivity contribution is -0.114. The van der Waals surface area contributed by atoms with E-state index in [2.05, 4.69) is 27.8 Å². The largest absolute Gasteiger partial charge is 0.394 e. The van der Waals surface area contributed by atoms with E-state index >= 15 is 0 Å². The zero-order valence-corrected chi connectivity index (χ0v) is 13.3. The summed E-state index contributed by atoms with van der Waals surface area (Å²) in [6.07, 6.45) is 4.02. The van der Waals surface area contributed by atoms with Gasteiger partial charge in [0.15, 0.2) is 0 Å². The van der Waals surface area contributed by atoms with Gasteiger partial charge in [0.25, 0.3) is 5.91 Å². The van der Waals surface area contributed by atoms with Crippen molar-refractivity contribution in [3.8, 4) is 0 Å². The van der Waals surface area contributed by atoms with Crippen molar-refractivity contribution in [1.29, 1.82) is 0 Å². The van der Waals surface area contributed by atoms with Gasteiger partial charge in [0.1, 0.15) is 0 Å². The van der Waals surface area contributed by atoms with Crippen LogP contribution in [-0.2, 0) is 11.8 Å². The maximum absolute atomic E-state index is 11.6. The monoisotopic (exact) mass is 341 g/mol. The molecule has 0 saturated carbocycles. The third kappa shape index (κ3) is 3.74. The summed E-state index contributed by atoms with van der Waals surface area (Å²) in [7, 11) is 1.86. The number of nitrogens with one attached hydrogen (secondary N) is 1. The second-order valence-corrected chi connectivity index (χ2v) is 5.36. The fourth-order valence-electron chi connectivity index (χ4n) is 1.87. The van der Waals surface area contributed by atoms with E-state index in [1.165, 1.54) is 6.08 Å². The van der Waals surface area contributed by atoms with Gasteiger partial charge in [0.2, 0.25) is 0 Å². The van der Waals surface area contributed by atoms with Crippen LogP contribution in [0.4, 0.5) is 0 Å². The molecular formula is C14H20BrN3O2. The molecule has 20 heavy (non-hydrogen) atoms. The van der Waals surface area contributed by atoms with Gasteiger partial charge in [-0.1, -0.05) is 19.6 Å². The standard InChI is InChI=1S/C14H20BrN3O2/c1-4-10(8-19)17-13(11(5-2)14(16)20)12-6-9(15)7-18(12)3/h5-7,10,17,19H,2,4,8H2,1,3H3,(H2,16,20)/b13-11-. The summed E-state index contributed by atoms with van der Waals surface area (Å²) in [4.78, 5) is 11.6. The van der Waals surface area contributed by atoms with Crippen LogP contribution in [0.2, 0.25) is 0 Å². The second-order valence-electron chi connectivity index (χ2n) is 4.44. The molecule has 0 spiro atoms. The fraction of sp³-hybridized carbons (Fsp3) is 0.357. The summed E-state index contributed by atoms with van der Waals surface area (Å²) in [5.41, 5.74) is 7.07. The molecule has 1 aromatic heterocycles. The van der Waals surface area contributed by atoms with E-state index < -0.39 is 5.91 Å². The zero-order valence-electron chi connectivity index (χ0n) is 11.7. The highest BCUT2D eigenvalue weighted by atomic mass is 79.9. The molecule has 0 saturated heterocycles. The highest BCUT2D eigenvalue weighted by Gasteiger charge is 2.18. The minimum absolute atomic E-state index is 0.0330. The highest BCUT2D eigenvalue weighted by Crippen LogP contribution is 2.23. The maximum Gasteiger partial charge on any atom is 0.250 e. The number of primary amides is 1. The zero-order chi connectivity index (χ0) is 15.3. The van der Waals surface area contributed by atoms with Gasteiger partial charge in [-0.25, -0.2) is 0 Å². The van der Waals surface area contributed by atoms with Crippen LogP contribution in [-0.4, -0.2) is 28.2 Å². The van der Waals surface area contributed by atoms with Crippen LogP contribution in [0.3, 0.4) is 0 Å². The number of hydrogen-bond donors (Lipinski definition) is 3. The summed E-state index contributed by atoms with van der Waals surface area (Å²) in [5.74, 6) is -0.562. The first-order valence-electron chi connectivity index (χ1n) is 6.30. The number of halogens is 1. The second kappa shape index (κ2) is 7.31. The smallest absolute Gasteiger partial charge is 0.250 e. The maximum atomic E-state index is 11.6. The number of aryl methyl sites for hydroxylation is 1. The van der Waals surface area contributed by atoms with Crippen LogP contribution in [0.5, 0.6) is 0 Å². The van der Waals surface area contributed by atoms with Gasteiger partial charge < -0.3 is 20.7 Å². The van der Waals surface area contributed by atoms with E-state index in [-0.39, 0.29) is 12.6 Å². The molecule has 0 radical (unpaired) electrons. The summed E-state index contributed by atoms with van der Waals surface area (Å²) in [6.45, 7) is 5.56. The van der Waals surface area contributed by atoms with E-state index in [0.717, 1.165) is 16.6 Å². The first-order valence-corrected chi connectivity index (χ1v) is 7.10. The number of nitrogens with zero attached hydrogens (tertiary/aromatic N) is 1. The summed E-state index contributed by atoms with van der Waals surface area (Å²) in [6, 6.07) is 1.71. The Hall–Kier alpha value is -1.53. The molecule has 110 valence electrons. The lowest BCUT2D eigenvalue weighted by Gasteiger charge is -2.20. The Morgan fingerprint density at radius 1 is 1.70 bits per heavy atom. The average Bonchev–Trinajstić information content (AvgIpc) is 2.73. The minimum Gasteiger partial charge on any atom is -0.394 e. The third-order valence-corrected chi connectivity index (χ3v) is 3.46. The number of aliphatic hydroxyl groups excluding tert-OH is 1. The van der Waals surface area contributed by atoms with Crippen LogP contribution < -0.4 is 11.1 Å². The average molecular weight is 342 g/mol. The predicted molar refractivity (Wildman–Crippen MR) is 83.7 cm³/mol. The number of amides is 1. The van der Waals surface area contributed by atoms with Crippen molar-refractivity contribution >= 4 is 27.5 Å². The topological polar surface area (TPSA) is 80.3 Å². The molecule has 1 atom stereocenters. The molecule has 0 aliphatic carbocycles. The number of aliphatic hydroxyl groups is 1. The van der Waals surface area contributed by atoms with Crippen molar-refractivity contribution in [3.63, 3.8) is 0 Å². The fourth-order valence-corrected chi connectivity index (χ4v) is 2.39. The van der Waals surface area contributed by atoms with Crippen LogP contribution >= 0.6 is 15.9 Å². The Balaban J connectivity index is 3.38. The van der Waals surface area contributed by atoms with E-state index in [1.807, 2.05) is 30.8 Å². The van der Waals surface area contributed by atoms with Gasteiger partial charge in [-0.2, -0.15) is 0 Å². The van der Waals surface area contributed by atoms with Gasteiger partial charge in [0.05, 0.1) is 23.6 Å². The SMILES string of the molecule is C=C/C(C(N)=O)=C(/NC(CC)CO)c1cc(Br)cn1C. The van der Waals surface area contributed by atoms with E-state index in [1.54, 1.807) is 0 Å². The van der Waals surface area contributed by atoms with Crippen molar-refractivity contribution in [2.45, 2.75) is 19.4 Å². The Morgan fingerprint density at radius 2 is 2.35 bits per heavy atom. The molecule has 0 aliphatic heterocycles. The lowest BCUT2D eigenvalue weighted by atomic mass is 10.1. The molecule has 0 fully saturated rings. The molecule has 4 N–H and O–H groups in total. The molecule has 1 rings (SSSR count). The number of aromatic nitrogens is 1. The molecule has 0 bridgehead atoms. The number of hydrogen-bond acceptors (Lipinski definition) is 3. The number of nitrogens with two attached hydrogens (primary N) is 1. The van der Waals surface area contributed by atoms with Gasteiger partial charge in [-0.3, -0.25) is 4.79 Å². The Kier molecular flexibility index (Phi) is 6.04. The van der Waals surface area contributed by atoms with Crippen molar-refractivity contribution in [2.75, 3.05) is 6.61 Å². The van der Waals surface area contributed by atoms with Crippen LogP contribution in [0.15, 0.2) is 35.0 Å². The molecular weight excluding hydrogens is 322 g/mol.